The predicted molar refractivity (Wildman–Crippen MR) is 63.8 cm³/mol. The molecular weight excluding hydrogens is 243 g/mol. The normalized spacial score (nSPS) is 10.2. The quantitative estimate of drug-likeness (QED) is 0.901. The molecule has 0 amide bonds. The molecule has 2 nitrogen and oxygen atoms in total. The van der Waals surface area contributed by atoms with E-state index in [0.29, 0.717) is 10.6 Å². The number of ether oxygens (including phenoxy) is 1. The molecular formula is C13H10ClFO2. The Bertz CT molecular complexity index is 529. The highest BCUT2D eigenvalue weighted by atomic mass is 35.5. The van der Waals surface area contributed by atoms with Crippen LogP contribution in [-0.4, -0.2) is 5.11 Å². The first-order chi connectivity index (χ1) is 8.16. The number of halogens is 2. The van der Waals surface area contributed by atoms with Crippen LogP contribution in [0.25, 0.3) is 0 Å². The van der Waals surface area contributed by atoms with E-state index in [-0.39, 0.29) is 18.1 Å². The van der Waals surface area contributed by atoms with Gasteiger partial charge >= 0.3 is 0 Å². The Kier molecular flexibility index (Phi) is 3.49. The molecule has 17 heavy (non-hydrogen) atoms. The van der Waals surface area contributed by atoms with Gasteiger partial charge in [-0.2, -0.15) is 0 Å². The topological polar surface area (TPSA) is 29.5 Å². The molecule has 0 aliphatic carbocycles. The number of hydrogen-bond donors (Lipinski definition) is 1. The van der Waals surface area contributed by atoms with Gasteiger partial charge in [0.15, 0.2) is 11.6 Å². The van der Waals surface area contributed by atoms with E-state index < -0.39 is 5.82 Å². The Balaban J connectivity index is 2.10. The van der Waals surface area contributed by atoms with E-state index in [4.69, 9.17) is 16.3 Å². The highest BCUT2D eigenvalue weighted by Crippen LogP contribution is 2.24. The molecule has 1 N–H and O–H groups in total. The van der Waals surface area contributed by atoms with Crippen molar-refractivity contribution in [1.29, 1.82) is 0 Å². The second-order valence-corrected chi connectivity index (χ2v) is 3.90. The molecule has 0 saturated heterocycles. The fraction of sp³-hybridized carbons (Fsp3) is 0.0769. The summed E-state index contributed by atoms with van der Waals surface area (Å²) in [6.45, 7) is 0.153. The Morgan fingerprint density at radius 3 is 2.65 bits per heavy atom. The molecule has 0 unspecified atom stereocenters. The van der Waals surface area contributed by atoms with Crippen LogP contribution in [0.15, 0.2) is 42.5 Å². The number of hydrogen-bond acceptors (Lipinski definition) is 2. The molecule has 0 atom stereocenters. The van der Waals surface area contributed by atoms with E-state index in [1.165, 1.54) is 18.2 Å². The zero-order valence-corrected chi connectivity index (χ0v) is 9.62. The molecule has 0 aliphatic heterocycles. The first-order valence-electron chi connectivity index (χ1n) is 5.01. The maximum atomic E-state index is 13.3. The van der Waals surface area contributed by atoms with E-state index >= 15 is 0 Å². The lowest BCUT2D eigenvalue weighted by atomic mass is 10.2. The van der Waals surface area contributed by atoms with Crippen LogP contribution in [0.1, 0.15) is 5.56 Å². The molecule has 2 rings (SSSR count). The van der Waals surface area contributed by atoms with E-state index in [1.807, 2.05) is 0 Å². The number of para-hydroxylation sites is 1. The third kappa shape index (κ3) is 2.88. The van der Waals surface area contributed by atoms with E-state index in [1.54, 1.807) is 24.3 Å². The molecule has 0 aromatic heterocycles. The Hall–Kier alpha value is -1.74. The number of phenolic OH excluding ortho intramolecular Hbond substituents is 1. The average Bonchev–Trinajstić information content (AvgIpc) is 2.30. The molecule has 2 aromatic carbocycles. The van der Waals surface area contributed by atoms with Crippen LogP contribution in [-0.2, 0) is 6.61 Å². The van der Waals surface area contributed by atoms with E-state index in [9.17, 15) is 9.50 Å². The van der Waals surface area contributed by atoms with E-state index in [0.717, 1.165) is 0 Å². The highest BCUT2D eigenvalue weighted by Gasteiger charge is 2.05. The lowest BCUT2D eigenvalue weighted by Gasteiger charge is -2.08. The molecule has 0 spiro atoms. The average molecular weight is 253 g/mol. The van der Waals surface area contributed by atoms with Gasteiger partial charge in [-0.3, -0.25) is 0 Å². The summed E-state index contributed by atoms with van der Waals surface area (Å²) >= 11 is 5.90. The van der Waals surface area contributed by atoms with Gasteiger partial charge in [-0.1, -0.05) is 29.8 Å². The maximum Gasteiger partial charge on any atom is 0.165 e. The van der Waals surface area contributed by atoms with Crippen LogP contribution >= 0.6 is 11.6 Å². The number of benzene rings is 2. The maximum absolute atomic E-state index is 13.3. The first-order valence-corrected chi connectivity index (χ1v) is 5.39. The summed E-state index contributed by atoms with van der Waals surface area (Å²) in [4.78, 5) is 0. The van der Waals surface area contributed by atoms with Crippen molar-refractivity contribution < 1.29 is 14.2 Å². The van der Waals surface area contributed by atoms with Crippen molar-refractivity contribution in [1.82, 2.24) is 0 Å². The number of aromatic hydroxyl groups is 1. The van der Waals surface area contributed by atoms with Gasteiger partial charge in [0, 0.05) is 5.56 Å². The molecule has 88 valence electrons. The Labute approximate surface area is 103 Å². The van der Waals surface area contributed by atoms with Gasteiger partial charge in [0.2, 0.25) is 0 Å². The fourth-order valence-corrected chi connectivity index (χ4v) is 1.60. The number of phenols is 1. The molecule has 0 radical (unpaired) electrons. The second kappa shape index (κ2) is 5.06. The summed E-state index contributed by atoms with van der Waals surface area (Å²) < 4.78 is 18.6. The zero-order valence-electron chi connectivity index (χ0n) is 8.86. The monoisotopic (exact) mass is 252 g/mol. The minimum atomic E-state index is -0.414. The summed E-state index contributed by atoms with van der Waals surface area (Å²) in [5.74, 6) is -0.149. The summed E-state index contributed by atoms with van der Waals surface area (Å²) in [5.41, 5.74) is 0.688. The van der Waals surface area contributed by atoms with Gasteiger partial charge in [-0.05, 0) is 24.3 Å². The van der Waals surface area contributed by atoms with Gasteiger partial charge in [0.25, 0.3) is 0 Å². The van der Waals surface area contributed by atoms with Crippen molar-refractivity contribution >= 4 is 11.6 Å². The number of rotatable bonds is 3. The molecule has 2 aromatic rings. The molecule has 4 heteroatoms. The first kappa shape index (κ1) is 11.7. The fourth-order valence-electron chi connectivity index (χ4n) is 1.37. The van der Waals surface area contributed by atoms with Crippen molar-refractivity contribution in [2.24, 2.45) is 0 Å². The minimum Gasteiger partial charge on any atom is -0.508 e. The molecule has 0 heterocycles. The van der Waals surface area contributed by atoms with Crippen LogP contribution in [0, 0.1) is 5.82 Å². The molecule has 0 saturated carbocycles. The van der Waals surface area contributed by atoms with Crippen molar-refractivity contribution in [3.8, 4) is 11.5 Å². The van der Waals surface area contributed by atoms with Crippen LogP contribution in [0.3, 0.4) is 0 Å². The minimum absolute atomic E-state index is 0.0876. The van der Waals surface area contributed by atoms with Gasteiger partial charge in [0.1, 0.15) is 12.4 Å². The van der Waals surface area contributed by atoms with Crippen molar-refractivity contribution in [3.63, 3.8) is 0 Å². The Morgan fingerprint density at radius 1 is 1.18 bits per heavy atom. The third-order valence-corrected chi connectivity index (χ3v) is 2.61. The lowest BCUT2D eigenvalue weighted by Crippen LogP contribution is -1.97. The molecule has 0 bridgehead atoms. The van der Waals surface area contributed by atoms with Gasteiger partial charge in [0.05, 0.1) is 5.02 Å². The molecule has 0 aliphatic rings. The van der Waals surface area contributed by atoms with Crippen molar-refractivity contribution in [2.75, 3.05) is 0 Å². The van der Waals surface area contributed by atoms with Crippen molar-refractivity contribution in [3.05, 3.63) is 58.9 Å². The SMILES string of the molecule is Oc1ccc(COc2ccccc2F)c(Cl)c1. The summed E-state index contributed by atoms with van der Waals surface area (Å²) in [5, 5.41) is 9.57. The van der Waals surface area contributed by atoms with Crippen LogP contribution in [0.2, 0.25) is 5.02 Å². The summed E-state index contributed by atoms with van der Waals surface area (Å²) in [7, 11) is 0. The Morgan fingerprint density at radius 2 is 1.94 bits per heavy atom. The predicted octanol–water partition coefficient (Wildman–Crippen LogP) is 3.76. The smallest absolute Gasteiger partial charge is 0.165 e. The zero-order chi connectivity index (χ0) is 12.3. The third-order valence-electron chi connectivity index (χ3n) is 2.26. The van der Waals surface area contributed by atoms with Gasteiger partial charge in [-0.15, -0.1) is 0 Å². The largest absolute Gasteiger partial charge is 0.508 e. The van der Waals surface area contributed by atoms with Gasteiger partial charge < -0.3 is 9.84 Å². The van der Waals surface area contributed by atoms with Gasteiger partial charge in [-0.25, -0.2) is 4.39 Å². The van der Waals surface area contributed by atoms with Crippen LogP contribution in [0.5, 0.6) is 11.5 Å². The summed E-state index contributed by atoms with van der Waals surface area (Å²) in [6, 6.07) is 10.7. The van der Waals surface area contributed by atoms with Crippen LogP contribution in [0.4, 0.5) is 4.39 Å². The van der Waals surface area contributed by atoms with E-state index in [2.05, 4.69) is 0 Å². The summed E-state index contributed by atoms with van der Waals surface area (Å²) in [6.07, 6.45) is 0. The lowest BCUT2D eigenvalue weighted by molar-refractivity contribution is 0.290. The molecule has 0 fully saturated rings. The van der Waals surface area contributed by atoms with Crippen molar-refractivity contribution in [2.45, 2.75) is 6.61 Å². The van der Waals surface area contributed by atoms with Crippen LogP contribution < -0.4 is 4.74 Å². The standard InChI is InChI=1S/C13H10ClFO2/c14-11-7-10(16)6-5-9(11)8-17-13-4-2-1-3-12(13)15/h1-7,16H,8H2. The highest BCUT2D eigenvalue weighted by molar-refractivity contribution is 6.31. The second-order valence-electron chi connectivity index (χ2n) is 3.49.